The lowest BCUT2D eigenvalue weighted by Crippen LogP contribution is -2.38. The molecule has 0 amide bonds. The number of rotatable bonds is 21. The maximum atomic E-state index is 13.7. The van der Waals surface area contributed by atoms with Crippen LogP contribution in [0.15, 0.2) is 17.1 Å². The first kappa shape index (κ1) is 50.0. The quantitative estimate of drug-likeness (QED) is 0.0615. The lowest BCUT2D eigenvalue weighted by atomic mass is 9.80. The number of Topliss-reactive ketones (excluding diaryl/α,β-unsaturated/α-hetero) is 1. The zero-order valence-corrected chi connectivity index (χ0v) is 41.9. The molecule has 65 heavy (non-hydrogen) atoms. The van der Waals surface area contributed by atoms with E-state index in [1.165, 1.54) is 58.5 Å². The number of fused-ring (bicyclic) bond motifs is 8. The molecule has 9 atom stereocenters. The van der Waals surface area contributed by atoms with Crippen LogP contribution in [0.3, 0.4) is 0 Å². The fourth-order valence-electron chi connectivity index (χ4n) is 11.5. The number of nitrogens with one attached hydrogen (secondary N) is 4. The molecule has 4 aliphatic rings. The van der Waals surface area contributed by atoms with E-state index in [2.05, 4.69) is 94.2 Å². The van der Waals surface area contributed by atoms with Crippen LogP contribution in [-0.2, 0) is 19.1 Å². The van der Waals surface area contributed by atoms with Gasteiger partial charge in [0.1, 0.15) is 11.7 Å². The largest absolute Gasteiger partial charge is 0.510 e. The van der Waals surface area contributed by atoms with Gasteiger partial charge in [-0.25, -0.2) is 0 Å². The SMILES string of the molecule is CC[C@H]1/C2=C\c3[nH]c4c(c3C)=C(O)[C@H](C(=O)OC)C=4[C@H]3N/C(=C\c4[nH]c(c(C(C)=O)c4C)/C=C(/N2)[C@@H]1C)[C@@H](C)[C@@H]3CCC(=O)OCCC(C)CCC[C@@H](C)CCC[C@@H](C)CCCC(C)C. The number of esters is 2. The van der Waals surface area contributed by atoms with Crippen molar-refractivity contribution >= 4 is 47.3 Å². The zero-order chi connectivity index (χ0) is 47.3. The fraction of sp³-hybridized carbons (Fsp3) is 0.655. The maximum absolute atomic E-state index is 13.7. The van der Waals surface area contributed by atoms with Gasteiger partial charge in [0, 0.05) is 63.4 Å². The topological polar surface area (TPSA) is 146 Å². The summed E-state index contributed by atoms with van der Waals surface area (Å²) in [7, 11) is 1.35. The molecule has 10 nitrogen and oxygen atoms in total. The minimum atomic E-state index is -1.01. The molecule has 2 saturated heterocycles. The number of aromatic nitrogens is 2. The van der Waals surface area contributed by atoms with Gasteiger partial charge in [0.25, 0.3) is 0 Å². The van der Waals surface area contributed by atoms with Gasteiger partial charge in [0.15, 0.2) is 5.78 Å². The van der Waals surface area contributed by atoms with Crippen molar-refractivity contribution in [3.63, 3.8) is 0 Å². The molecule has 5 heterocycles. The van der Waals surface area contributed by atoms with Crippen LogP contribution < -0.4 is 21.2 Å². The van der Waals surface area contributed by atoms with Gasteiger partial charge < -0.3 is 35.2 Å². The molecule has 0 spiro atoms. The number of aliphatic hydroxyl groups is 1. The van der Waals surface area contributed by atoms with Gasteiger partial charge in [-0.15, -0.1) is 0 Å². The van der Waals surface area contributed by atoms with Crippen LogP contribution in [0.4, 0.5) is 0 Å². The van der Waals surface area contributed by atoms with E-state index >= 15 is 0 Å². The Bertz CT molecular complexity index is 2270. The second kappa shape index (κ2) is 21.9. The van der Waals surface area contributed by atoms with E-state index in [1.54, 1.807) is 6.92 Å². The number of hydrogen-bond donors (Lipinski definition) is 5. The highest BCUT2D eigenvalue weighted by atomic mass is 16.5. The Balaban J connectivity index is 1.18. The van der Waals surface area contributed by atoms with Crippen molar-refractivity contribution in [3.05, 3.63) is 61.4 Å². The lowest BCUT2D eigenvalue weighted by Gasteiger charge is -2.26. The lowest BCUT2D eigenvalue weighted by molar-refractivity contribution is -0.144. The summed E-state index contributed by atoms with van der Waals surface area (Å²) in [5, 5.41) is 20.8. The van der Waals surface area contributed by atoms with Gasteiger partial charge in [-0.2, -0.15) is 0 Å². The molecule has 358 valence electrons. The molecule has 0 saturated carbocycles. The molecule has 6 rings (SSSR count). The van der Waals surface area contributed by atoms with Crippen LogP contribution in [0.5, 0.6) is 0 Å². The number of allylic oxidation sites excluding steroid dienone is 3. The van der Waals surface area contributed by atoms with Crippen LogP contribution in [-0.4, -0.2) is 52.6 Å². The molecule has 2 aromatic rings. The molecule has 8 bridgehead atoms. The highest BCUT2D eigenvalue weighted by molar-refractivity contribution is 6.00. The van der Waals surface area contributed by atoms with Crippen molar-refractivity contribution in [2.45, 2.75) is 166 Å². The monoisotopic (exact) mass is 895 g/mol. The second-order valence-electron chi connectivity index (χ2n) is 21.1. The Kier molecular flexibility index (Phi) is 16.8. The summed E-state index contributed by atoms with van der Waals surface area (Å²) in [6.45, 7) is 24.2. The summed E-state index contributed by atoms with van der Waals surface area (Å²) < 4.78 is 11.3. The standard InChI is InChI=1S/C55H82N4O6/c1-13-39-34(7)41-29-46-48(38(11)60)36(9)43(57-46)27-42-35(8)40(52(58-42)50-51(55(63)64-12)54(62)49-37(10)44(59-53(49)50)28-45(39)56-41)23-24-47(61)65-26-25-33(6)22-16-21-32(5)20-15-19-31(4)18-14-17-30(2)3/h27-35,39-40,51-52,56-59,62H,13-26H2,1-12H3/b41-29+,42-27-,45-28+/t31-,32-,33?,34+,35-,39+,40-,51+,52-/m0/s1. The number of aliphatic hydroxyl groups excluding tert-OH is 1. The summed E-state index contributed by atoms with van der Waals surface area (Å²) in [6, 6.07) is -0.426. The van der Waals surface area contributed by atoms with E-state index < -0.39 is 17.9 Å². The number of H-pyrrole nitrogens is 2. The number of ether oxygens (including phenoxy) is 2. The smallest absolute Gasteiger partial charge is 0.320 e. The molecular weight excluding hydrogens is 813 g/mol. The average Bonchev–Trinajstić information content (AvgIpc) is 4.00. The number of carbonyl (C=O) groups is 3. The van der Waals surface area contributed by atoms with Crippen molar-refractivity contribution in [3.8, 4) is 0 Å². The molecule has 2 aromatic heterocycles. The van der Waals surface area contributed by atoms with E-state index in [0.29, 0.717) is 40.6 Å². The first-order chi connectivity index (χ1) is 30.9. The minimum absolute atomic E-state index is 0.0129. The predicted molar refractivity (Wildman–Crippen MR) is 264 cm³/mol. The summed E-state index contributed by atoms with van der Waals surface area (Å²) >= 11 is 0. The molecule has 0 radical (unpaired) electrons. The molecule has 1 aliphatic carbocycles. The van der Waals surface area contributed by atoms with Crippen LogP contribution in [0, 0.1) is 67.1 Å². The van der Waals surface area contributed by atoms with E-state index in [0.717, 1.165) is 82.3 Å². The molecule has 0 aromatic carbocycles. The number of carbonyl (C=O) groups excluding carboxylic acids is 3. The van der Waals surface area contributed by atoms with Crippen molar-refractivity contribution in [1.82, 2.24) is 20.6 Å². The zero-order valence-electron chi connectivity index (χ0n) is 41.9. The Morgan fingerprint density at radius 1 is 0.754 bits per heavy atom. The van der Waals surface area contributed by atoms with Crippen molar-refractivity contribution in [2.75, 3.05) is 13.7 Å². The predicted octanol–water partition coefficient (Wildman–Crippen LogP) is 10.8. The van der Waals surface area contributed by atoms with E-state index in [-0.39, 0.29) is 47.6 Å². The van der Waals surface area contributed by atoms with Crippen molar-refractivity contribution in [1.29, 1.82) is 0 Å². The van der Waals surface area contributed by atoms with Gasteiger partial charge in [-0.3, -0.25) is 14.4 Å². The van der Waals surface area contributed by atoms with Crippen LogP contribution >= 0.6 is 0 Å². The first-order valence-electron chi connectivity index (χ1n) is 25.3. The molecule has 5 N–H and O–H groups in total. The molecular formula is C55H82N4O6. The van der Waals surface area contributed by atoms with Gasteiger partial charge in [-0.1, -0.05) is 113 Å². The number of hydrogen-bond acceptors (Lipinski definition) is 8. The summed E-state index contributed by atoms with van der Waals surface area (Å²) in [6.07, 6.45) is 20.4. The maximum Gasteiger partial charge on any atom is 0.320 e. The van der Waals surface area contributed by atoms with E-state index in [9.17, 15) is 19.5 Å². The van der Waals surface area contributed by atoms with Gasteiger partial charge in [0.2, 0.25) is 0 Å². The summed E-state index contributed by atoms with van der Waals surface area (Å²) in [5.41, 5.74) is 8.52. The third-order valence-corrected chi connectivity index (χ3v) is 15.7. The second-order valence-corrected chi connectivity index (χ2v) is 21.1. The van der Waals surface area contributed by atoms with Crippen molar-refractivity contribution in [2.24, 2.45) is 53.3 Å². The van der Waals surface area contributed by atoms with Crippen LogP contribution in [0.1, 0.15) is 184 Å². The molecule has 1 unspecified atom stereocenters. The Hall–Kier alpha value is -4.47. The summed E-state index contributed by atoms with van der Waals surface area (Å²) in [4.78, 5) is 47.7. The highest BCUT2D eigenvalue weighted by Crippen LogP contribution is 2.43. The molecule has 2 fully saturated rings. The van der Waals surface area contributed by atoms with Gasteiger partial charge >= 0.3 is 11.9 Å². The van der Waals surface area contributed by atoms with Crippen molar-refractivity contribution < 1.29 is 29.0 Å². The van der Waals surface area contributed by atoms with E-state index in [4.69, 9.17) is 9.47 Å². The normalized spacial score (nSPS) is 26.1. The number of ketones is 1. The first-order valence-corrected chi connectivity index (χ1v) is 25.3. The number of methoxy groups -OCH3 is 1. The third kappa shape index (κ3) is 11.2. The van der Waals surface area contributed by atoms with Crippen LogP contribution in [0.2, 0.25) is 0 Å². The van der Waals surface area contributed by atoms with E-state index in [1.807, 2.05) is 13.8 Å². The Labute approximate surface area is 389 Å². The minimum Gasteiger partial charge on any atom is -0.510 e. The molecule has 3 aliphatic heterocycles. The fourth-order valence-corrected chi connectivity index (χ4v) is 11.5. The third-order valence-electron chi connectivity index (χ3n) is 15.7. The summed E-state index contributed by atoms with van der Waals surface area (Å²) in [5.74, 6) is 1.20. The number of aromatic amines is 2. The van der Waals surface area contributed by atoms with Crippen LogP contribution in [0.25, 0.3) is 29.6 Å². The Morgan fingerprint density at radius 2 is 1.34 bits per heavy atom. The molecule has 10 heteroatoms. The van der Waals surface area contributed by atoms with Gasteiger partial charge in [-0.05, 0) is 105 Å². The van der Waals surface area contributed by atoms with Gasteiger partial charge in [0.05, 0.1) is 30.8 Å². The average molecular weight is 895 g/mol. The highest BCUT2D eigenvalue weighted by Gasteiger charge is 2.47. The Morgan fingerprint density at radius 3 is 1.94 bits per heavy atom.